The Morgan fingerprint density at radius 1 is 1.36 bits per heavy atom. The molecule has 22 heavy (non-hydrogen) atoms. The molecule has 2 atom stereocenters. The van der Waals surface area contributed by atoms with Crippen LogP contribution in [0.3, 0.4) is 0 Å². The summed E-state index contributed by atoms with van der Waals surface area (Å²) in [5.74, 6) is -2.75. The fourth-order valence-electron chi connectivity index (χ4n) is 2.30. The number of carbonyl (C=O) groups excluding carboxylic acids is 1. The predicted octanol–water partition coefficient (Wildman–Crippen LogP) is 1.47. The predicted molar refractivity (Wildman–Crippen MR) is 66.7 cm³/mol. The summed E-state index contributed by atoms with van der Waals surface area (Å²) < 4.78 is 42.8. The SMILES string of the molecule is CC1COCC(c2ccc(C(F)(F)F)nc2)N1C(=O)C(=O)O. The van der Waals surface area contributed by atoms with Crippen LogP contribution in [0.2, 0.25) is 0 Å². The molecule has 1 aliphatic heterocycles. The van der Waals surface area contributed by atoms with Gasteiger partial charge in [0.1, 0.15) is 5.69 Å². The van der Waals surface area contributed by atoms with Crippen LogP contribution in [0.1, 0.15) is 24.2 Å². The van der Waals surface area contributed by atoms with Gasteiger partial charge in [-0.3, -0.25) is 9.78 Å². The highest BCUT2D eigenvalue weighted by Gasteiger charge is 2.37. The number of rotatable bonds is 1. The summed E-state index contributed by atoms with van der Waals surface area (Å²) in [4.78, 5) is 27.1. The molecule has 0 bridgehead atoms. The van der Waals surface area contributed by atoms with Gasteiger partial charge in [0.05, 0.1) is 25.3 Å². The first-order valence-corrected chi connectivity index (χ1v) is 6.38. The van der Waals surface area contributed by atoms with Gasteiger partial charge in [-0.25, -0.2) is 4.79 Å². The van der Waals surface area contributed by atoms with E-state index < -0.39 is 35.8 Å². The molecular formula is C13H13F3N2O4. The van der Waals surface area contributed by atoms with Crippen LogP contribution in [0.4, 0.5) is 13.2 Å². The van der Waals surface area contributed by atoms with Gasteiger partial charge in [0, 0.05) is 6.20 Å². The summed E-state index contributed by atoms with van der Waals surface area (Å²) in [6, 6.07) is 0.661. The van der Waals surface area contributed by atoms with Crippen LogP contribution in [-0.4, -0.2) is 46.1 Å². The maximum atomic E-state index is 12.5. The van der Waals surface area contributed by atoms with E-state index in [9.17, 15) is 22.8 Å². The number of ether oxygens (including phenoxy) is 1. The molecule has 1 aliphatic rings. The number of hydrogen-bond acceptors (Lipinski definition) is 4. The van der Waals surface area contributed by atoms with E-state index in [-0.39, 0.29) is 18.8 Å². The molecule has 1 aromatic heterocycles. The molecule has 1 N–H and O–H groups in total. The lowest BCUT2D eigenvalue weighted by Crippen LogP contribution is -2.51. The smallest absolute Gasteiger partial charge is 0.433 e. The first kappa shape index (κ1) is 16.2. The number of nitrogens with zero attached hydrogens (tertiary/aromatic N) is 2. The number of alkyl halides is 3. The Hall–Kier alpha value is -2.16. The summed E-state index contributed by atoms with van der Waals surface area (Å²) in [7, 11) is 0. The average molecular weight is 318 g/mol. The maximum Gasteiger partial charge on any atom is 0.433 e. The first-order chi connectivity index (χ1) is 10.2. The molecule has 9 heteroatoms. The van der Waals surface area contributed by atoms with Crippen molar-refractivity contribution in [1.82, 2.24) is 9.88 Å². The number of aromatic nitrogens is 1. The number of hydrogen-bond donors (Lipinski definition) is 1. The zero-order valence-electron chi connectivity index (χ0n) is 11.5. The standard InChI is InChI=1S/C13H13F3N2O4/c1-7-5-22-6-9(18(7)11(19)12(20)21)8-2-3-10(17-4-8)13(14,15)16/h2-4,7,9H,5-6H2,1H3,(H,20,21). The van der Waals surface area contributed by atoms with Crippen molar-refractivity contribution in [2.75, 3.05) is 13.2 Å². The summed E-state index contributed by atoms with van der Waals surface area (Å²) in [6.45, 7) is 1.75. The molecule has 0 spiro atoms. The van der Waals surface area contributed by atoms with Gasteiger partial charge in [-0.1, -0.05) is 6.07 Å². The van der Waals surface area contributed by atoms with Gasteiger partial charge in [0.2, 0.25) is 0 Å². The monoisotopic (exact) mass is 318 g/mol. The molecule has 0 aliphatic carbocycles. The van der Waals surface area contributed by atoms with Crippen molar-refractivity contribution in [1.29, 1.82) is 0 Å². The highest BCUT2D eigenvalue weighted by Crippen LogP contribution is 2.31. The largest absolute Gasteiger partial charge is 0.474 e. The lowest BCUT2D eigenvalue weighted by molar-refractivity contribution is -0.164. The second kappa shape index (κ2) is 5.91. The Labute approximate surface area is 123 Å². The van der Waals surface area contributed by atoms with Crippen molar-refractivity contribution >= 4 is 11.9 Å². The number of morpholine rings is 1. The minimum atomic E-state index is -4.56. The Balaban J connectivity index is 2.31. The summed E-state index contributed by atoms with van der Waals surface area (Å²) in [5, 5.41) is 8.87. The Kier molecular flexibility index (Phi) is 4.36. The number of pyridine rings is 1. The molecule has 120 valence electrons. The maximum absolute atomic E-state index is 12.5. The van der Waals surface area contributed by atoms with Crippen LogP contribution in [0.25, 0.3) is 0 Å². The molecule has 2 rings (SSSR count). The van der Waals surface area contributed by atoms with Crippen LogP contribution in [0.15, 0.2) is 18.3 Å². The summed E-state index contributed by atoms with van der Waals surface area (Å²) in [5.41, 5.74) is -0.772. The van der Waals surface area contributed by atoms with Crippen LogP contribution in [0, 0.1) is 0 Å². The molecule has 1 fully saturated rings. The van der Waals surface area contributed by atoms with Gasteiger partial charge in [0.25, 0.3) is 0 Å². The van der Waals surface area contributed by atoms with Gasteiger partial charge in [-0.05, 0) is 18.6 Å². The van der Waals surface area contributed by atoms with E-state index in [0.717, 1.165) is 17.2 Å². The highest BCUT2D eigenvalue weighted by atomic mass is 19.4. The van der Waals surface area contributed by atoms with E-state index in [0.29, 0.717) is 0 Å². The van der Waals surface area contributed by atoms with E-state index in [1.54, 1.807) is 6.92 Å². The minimum Gasteiger partial charge on any atom is -0.474 e. The fraction of sp³-hybridized carbons (Fsp3) is 0.462. The Bertz CT molecular complexity index is 574. The number of carbonyl (C=O) groups is 2. The second-order valence-corrected chi connectivity index (χ2v) is 4.89. The molecule has 1 amide bonds. The quantitative estimate of drug-likeness (QED) is 0.793. The first-order valence-electron chi connectivity index (χ1n) is 6.38. The third-order valence-corrected chi connectivity index (χ3v) is 3.32. The average Bonchev–Trinajstić information content (AvgIpc) is 2.45. The van der Waals surface area contributed by atoms with Crippen molar-refractivity contribution in [3.63, 3.8) is 0 Å². The van der Waals surface area contributed by atoms with Crippen LogP contribution in [-0.2, 0) is 20.5 Å². The molecule has 1 aromatic rings. The number of carboxylic acid groups (broad SMARTS) is 1. The van der Waals surface area contributed by atoms with Crippen LogP contribution in [0.5, 0.6) is 0 Å². The van der Waals surface area contributed by atoms with E-state index in [2.05, 4.69) is 4.98 Å². The number of amides is 1. The number of carboxylic acids is 1. The second-order valence-electron chi connectivity index (χ2n) is 4.89. The molecule has 0 aromatic carbocycles. The molecular weight excluding hydrogens is 305 g/mol. The van der Waals surface area contributed by atoms with Crippen molar-refractivity contribution < 1.29 is 32.6 Å². The molecule has 2 unspecified atom stereocenters. The van der Waals surface area contributed by atoms with Crippen LogP contribution < -0.4 is 0 Å². The van der Waals surface area contributed by atoms with Gasteiger partial charge in [-0.2, -0.15) is 13.2 Å². The van der Waals surface area contributed by atoms with Crippen molar-refractivity contribution in [2.24, 2.45) is 0 Å². The zero-order chi connectivity index (χ0) is 16.5. The fourth-order valence-corrected chi connectivity index (χ4v) is 2.30. The van der Waals surface area contributed by atoms with Crippen molar-refractivity contribution in [3.8, 4) is 0 Å². The summed E-state index contributed by atoms with van der Waals surface area (Å²) in [6.07, 6.45) is -3.58. The zero-order valence-corrected chi connectivity index (χ0v) is 11.5. The Morgan fingerprint density at radius 2 is 2.05 bits per heavy atom. The molecule has 0 saturated carbocycles. The van der Waals surface area contributed by atoms with E-state index in [4.69, 9.17) is 9.84 Å². The third-order valence-electron chi connectivity index (χ3n) is 3.32. The highest BCUT2D eigenvalue weighted by molar-refractivity contribution is 6.31. The van der Waals surface area contributed by atoms with E-state index >= 15 is 0 Å². The molecule has 0 radical (unpaired) electrons. The van der Waals surface area contributed by atoms with Gasteiger partial charge in [-0.15, -0.1) is 0 Å². The van der Waals surface area contributed by atoms with E-state index in [1.807, 2.05) is 0 Å². The third kappa shape index (κ3) is 3.19. The number of halogens is 3. The van der Waals surface area contributed by atoms with Crippen LogP contribution >= 0.6 is 0 Å². The van der Waals surface area contributed by atoms with E-state index in [1.165, 1.54) is 6.07 Å². The molecule has 2 heterocycles. The Morgan fingerprint density at radius 3 is 2.55 bits per heavy atom. The van der Waals surface area contributed by atoms with Crippen molar-refractivity contribution in [3.05, 3.63) is 29.6 Å². The summed E-state index contributed by atoms with van der Waals surface area (Å²) >= 11 is 0. The minimum absolute atomic E-state index is 0.00357. The normalized spacial score (nSPS) is 22.5. The molecule has 6 nitrogen and oxygen atoms in total. The lowest BCUT2D eigenvalue weighted by Gasteiger charge is -2.39. The molecule has 1 saturated heterocycles. The van der Waals surface area contributed by atoms with Gasteiger partial charge >= 0.3 is 18.1 Å². The van der Waals surface area contributed by atoms with Gasteiger partial charge in [0.15, 0.2) is 0 Å². The van der Waals surface area contributed by atoms with Gasteiger partial charge < -0.3 is 14.7 Å². The van der Waals surface area contributed by atoms with Crippen molar-refractivity contribution in [2.45, 2.75) is 25.2 Å². The number of aliphatic carboxylic acids is 1. The lowest BCUT2D eigenvalue weighted by atomic mass is 10.0. The topological polar surface area (TPSA) is 79.7 Å².